The fourth-order valence-electron chi connectivity index (χ4n) is 3.66. The Labute approximate surface area is 156 Å². The van der Waals surface area contributed by atoms with Crippen molar-refractivity contribution in [2.75, 3.05) is 0 Å². The summed E-state index contributed by atoms with van der Waals surface area (Å²) in [4.78, 5) is 0. The van der Waals surface area contributed by atoms with Crippen molar-refractivity contribution in [1.29, 1.82) is 0 Å². The van der Waals surface area contributed by atoms with E-state index >= 15 is 0 Å². The van der Waals surface area contributed by atoms with E-state index in [4.69, 9.17) is 0 Å². The van der Waals surface area contributed by atoms with Gasteiger partial charge < -0.3 is 0 Å². The molecule has 128 valence electrons. The van der Waals surface area contributed by atoms with E-state index < -0.39 is 18.4 Å². The van der Waals surface area contributed by atoms with Crippen molar-refractivity contribution < 1.29 is 0 Å². The van der Waals surface area contributed by atoms with Gasteiger partial charge in [-0.05, 0) is 0 Å². The van der Waals surface area contributed by atoms with Gasteiger partial charge in [-0.2, -0.15) is 0 Å². The summed E-state index contributed by atoms with van der Waals surface area (Å²) in [6.07, 6.45) is 1.25. The van der Waals surface area contributed by atoms with Gasteiger partial charge in [0, 0.05) is 0 Å². The normalized spacial score (nSPS) is 12.1. The van der Waals surface area contributed by atoms with Crippen LogP contribution in [0, 0.1) is 5.41 Å². The Morgan fingerprint density at radius 3 is 1.16 bits per heavy atom. The van der Waals surface area contributed by atoms with E-state index in [1.807, 2.05) is 0 Å². The summed E-state index contributed by atoms with van der Waals surface area (Å²) in [5.74, 6) is 0. The van der Waals surface area contributed by atoms with Crippen molar-refractivity contribution in [3.05, 3.63) is 91.0 Å². The summed E-state index contributed by atoms with van der Waals surface area (Å²) in [6, 6.07) is 33.9. The number of hydrogen-bond acceptors (Lipinski definition) is 0. The molecule has 3 rings (SSSR count). The zero-order valence-corrected chi connectivity index (χ0v) is 18.4. The Morgan fingerprint density at radius 2 is 0.880 bits per heavy atom. The molecule has 0 saturated carbocycles. The average Bonchev–Trinajstić information content (AvgIpc) is 2.64. The quantitative estimate of drug-likeness (QED) is 0.515. The molecule has 0 spiro atoms. The minimum absolute atomic E-state index is 0.348. The van der Waals surface area contributed by atoms with Crippen LogP contribution in [-0.2, 0) is 0 Å². The van der Waals surface area contributed by atoms with Crippen LogP contribution in [0.5, 0.6) is 0 Å². The second-order valence-electron chi connectivity index (χ2n) is 8.06. The van der Waals surface area contributed by atoms with E-state index in [0.717, 1.165) is 0 Å². The Bertz CT molecular complexity index is 674. The maximum atomic E-state index is 2.37. The molecule has 3 aromatic carbocycles. The van der Waals surface area contributed by atoms with Crippen LogP contribution in [0.1, 0.15) is 27.2 Å². The van der Waals surface area contributed by atoms with Crippen LogP contribution >= 0.6 is 0 Å². The second-order valence-corrected chi connectivity index (χ2v) is 19.6. The second kappa shape index (κ2) is 7.78. The van der Waals surface area contributed by atoms with Gasteiger partial charge in [0.25, 0.3) is 0 Å². The SMILES string of the molecule is CC(C)(C)C[CH2][Sn]([c]1ccccc1)([c]1ccccc1)[c]1ccccc1. The van der Waals surface area contributed by atoms with Crippen molar-refractivity contribution in [3.63, 3.8) is 0 Å². The summed E-state index contributed by atoms with van der Waals surface area (Å²) >= 11 is -3.02. The molecule has 0 aromatic heterocycles. The third-order valence-electron chi connectivity index (χ3n) is 5.05. The van der Waals surface area contributed by atoms with Crippen LogP contribution in [0.15, 0.2) is 91.0 Å². The van der Waals surface area contributed by atoms with Gasteiger partial charge in [-0.25, -0.2) is 0 Å². The van der Waals surface area contributed by atoms with E-state index in [-0.39, 0.29) is 0 Å². The summed E-state index contributed by atoms with van der Waals surface area (Å²) in [5, 5.41) is 0. The van der Waals surface area contributed by atoms with Crippen LogP contribution in [0.25, 0.3) is 0 Å². The fourth-order valence-corrected chi connectivity index (χ4v) is 18.7. The van der Waals surface area contributed by atoms with E-state index in [2.05, 4.69) is 112 Å². The first-order valence-electron chi connectivity index (χ1n) is 9.19. The molecule has 0 unspecified atom stereocenters. The molecule has 0 amide bonds. The first-order valence-corrected chi connectivity index (χ1v) is 15.5. The zero-order chi connectivity index (χ0) is 17.8. The molecule has 0 heterocycles. The molecular weight excluding hydrogens is 407 g/mol. The molecule has 0 aliphatic carbocycles. The molecule has 0 radical (unpaired) electrons. The van der Waals surface area contributed by atoms with Gasteiger partial charge in [-0.1, -0.05) is 0 Å². The van der Waals surface area contributed by atoms with E-state index in [1.165, 1.54) is 10.9 Å². The van der Waals surface area contributed by atoms with Crippen molar-refractivity contribution in [2.45, 2.75) is 31.6 Å². The Morgan fingerprint density at radius 1 is 0.560 bits per heavy atom. The van der Waals surface area contributed by atoms with E-state index in [1.54, 1.807) is 10.7 Å². The molecule has 0 aliphatic heterocycles. The number of hydrogen-bond donors (Lipinski definition) is 0. The third kappa shape index (κ3) is 4.17. The fraction of sp³-hybridized carbons (Fsp3) is 0.250. The Balaban J connectivity index is 2.24. The van der Waals surface area contributed by atoms with Crippen molar-refractivity contribution in [1.82, 2.24) is 0 Å². The minimum atomic E-state index is -3.02. The topological polar surface area (TPSA) is 0 Å². The molecule has 3 aromatic rings. The van der Waals surface area contributed by atoms with E-state index in [0.29, 0.717) is 5.41 Å². The molecule has 0 fully saturated rings. The van der Waals surface area contributed by atoms with Gasteiger partial charge in [0.15, 0.2) is 0 Å². The van der Waals surface area contributed by atoms with Crippen LogP contribution in [0.3, 0.4) is 0 Å². The standard InChI is InChI=1S/3C6H5.C6H13.Sn/c3*1-2-4-6-5-3-1;1-5-6(2,3)4;/h3*1-5H;1,5H2,2-4H3;. The van der Waals surface area contributed by atoms with Crippen molar-refractivity contribution in [3.8, 4) is 0 Å². The van der Waals surface area contributed by atoms with Crippen LogP contribution in [0.4, 0.5) is 0 Å². The maximum absolute atomic E-state index is 3.02. The Kier molecular flexibility index (Phi) is 5.68. The predicted molar refractivity (Wildman–Crippen MR) is 113 cm³/mol. The van der Waals surface area contributed by atoms with Crippen LogP contribution in [-0.4, -0.2) is 18.4 Å². The van der Waals surface area contributed by atoms with Gasteiger partial charge in [0.1, 0.15) is 0 Å². The molecule has 25 heavy (non-hydrogen) atoms. The first kappa shape index (κ1) is 18.3. The molecular formula is C24H28Sn. The molecule has 1 heteroatoms. The predicted octanol–water partition coefficient (Wildman–Crippen LogP) is 4.59. The van der Waals surface area contributed by atoms with Crippen LogP contribution < -0.4 is 10.7 Å². The zero-order valence-electron chi connectivity index (χ0n) is 15.6. The van der Waals surface area contributed by atoms with Crippen LogP contribution in [0.2, 0.25) is 4.44 Å². The summed E-state index contributed by atoms with van der Waals surface area (Å²) in [5.41, 5.74) is 0.348. The number of benzene rings is 3. The van der Waals surface area contributed by atoms with Crippen molar-refractivity contribution in [2.24, 2.45) is 5.41 Å². The van der Waals surface area contributed by atoms with Gasteiger partial charge in [0.2, 0.25) is 0 Å². The van der Waals surface area contributed by atoms with Crippen molar-refractivity contribution >= 4 is 29.1 Å². The van der Waals surface area contributed by atoms with E-state index in [9.17, 15) is 0 Å². The van der Waals surface area contributed by atoms with Gasteiger partial charge >= 0.3 is 157 Å². The van der Waals surface area contributed by atoms with Gasteiger partial charge in [-0.15, -0.1) is 0 Å². The number of rotatable bonds is 5. The monoisotopic (exact) mass is 436 g/mol. The summed E-state index contributed by atoms with van der Waals surface area (Å²) in [6.45, 7) is 7.10. The first-order chi connectivity index (χ1) is 12.0. The summed E-state index contributed by atoms with van der Waals surface area (Å²) < 4.78 is 6.05. The molecule has 0 atom stereocenters. The molecule has 0 nitrogen and oxygen atoms in total. The third-order valence-corrected chi connectivity index (χ3v) is 19.2. The van der Waals surface area contributed by atoms with Gasteiger partial charge in [-0.3, -0.25) is 0 Å². The van der Waals surface area contributed by atoms with Gasteiger partial charge in [0.05, 0.1) is 0 Å². The molecule has 0 bridgehead atoms. The average molecular weight is 435 g/mol. The summed E-state index contributed by atoms with van der Waals surface area (Å²) in [7, 11) is 0. The Hall–Kier alpha value is -1.54. The molecule has 0 saturated heterocycles. The molecule has 0 N–H and O–H groups in total. The molecule has 0 aliphatic rings.